The molecule has 5 nitrogen and oxygen atoms in total. The minimum Gasteiger partial charge on any atom is -0.347 e. The molecule has 1 saturated carbocycles. The topological polar surface area (TPSA) is 61.0 Å². The Labute approximate surface area is 146 Å². The van der Waals surface area contributed by atoms with Crippen molar-refractivity contribution in [1.29, 1.82) is 0 Å². The van der Waals surface area contributed by atoms with E-state index in [4.69, 9.17) is 0 Å². The fourth-order valence-corrected chi connectivity index (χ4v) is 3.71. The van der Waals surface area contributed by atoms with Crippen LogP contribution in [0.15, 0.2) is 36.7 Å². The molecule has 0 radical (unpaired) electrons. The zero-order valence-corrected chi connectivity index (χ0v) is 14.1. The molecule has 0 spiro atoms. The quantitative estimate of drug-likeness (QED) is 0.884. The van der Waals surface area contributed by atoms with Crippen molar-refractivity contribution in [1.82, 2.24) is 20.2 Å². The minimum atomic E-state index is -0.251. The summed E-state index contributed by atoms with van der Waals surface area (Å²) < 4.78 is 13.2. The molecule has 1 saturated heterocycles. The van der Waals surface area contributed by atoms with Crippen LogP contribution in [0.1, 0.15) is 55.6 Å². The maximum atomic E-state index is 13.2. The van der Waals surface area contributed by atoms with Gasteiger partial charge in [-0.05, 0) is 55.7 Å². The van der Waals surface area contributed by atoms with E-state index in [9.17, 15) is 9.18 Å². The van der Waals surface area contributed by atoms with Gasteiger partial charge in [-0.15, -0.1) is 0 Å². The van der Waals surface area contributed by atoms with E-state index in [0.29, 0.717) is 5.92 Å². The number of hydrogen-bond acceptors (Lipinski definition) is 2. The third-order valence-corrected chi connectivity index (χ3v) is 5.20. The summed E-state index contributed by atoms with van der Waals surface area (Å²) in [4.78, 5) is 22.4. The number of carbonyl (C=O) groups is 1. The largest absolute Gasteiger partial charge is 0.347 e. The van der Waals surface area contributed by atoms with Gasteiger partial charge in [0.05, 0.1) is 12.1 Å². The van der Waals surface area contributed by atoms with Crippen molar-refractivity contribution in [3.05, 3.63) is 53.9 Å². The average Bonchev–Trinajstić information content (AvgIpc) is 3.33. The Morgan fingerprint density at radius 1 is 1.24 bits per heavy atom. The van der Waals surface area contributed by atoms with Gasteiger partial charge in [-0.2, -0.15) is 0 Å². The summed E-state index contributed by atoms with van der Waals surface area (Å²) in [6, 6.07) is 6.37. The summed E-state index contributed by atoms with van der Waals surface area (Å²) in [6.45, 7) is 0.734. The van der Waals surface area contributed by atoms with E-state index in [1.807, 2.05) is 4.90 Å². The van der Waals surface area contributed by atoms with Crippen molar-refractivity contribution in [3.63, 3.8) is 0 Å². The number of benzene rings is 1. The number of aromatic amines is 1. The lowest BCUT2D eigenvalue weighted by molar-refractivity contribution is 0.144. The Morgan fingerprint density at radius 3 is 2.72 bits per heavy atom. The number of piperidine rings is 1. The summed E-state index contributed by atoms with van der Waals surface area (Å²) in [5.74, 6) is 1.04. The van der Waals surface area contributed by atoms with Gasteiger partial charge in [0.25, 0.3) is 0 Å². The number of aromatic nitrogens is 2. The molecule has 2 atom stereocenters. The second kappa shape index (κ2) is 6.86. The third kappa shape index (κ3) is 3.52. The Kier molecular flexibility index (Phi) is 4.42. The van der Waals surface area contributed by atoms with Crippen LogP contribution in [0.25, 0.3) is 0 Å². The smallest absolute Gasteiger partial charge is 0.318 e. The first kappa shape index (κ1) is 16.1. The molecule has 2 fully saturated rings. The van der Waals surface area contributed by atoms with Crippen LogP contribution in [-0.2, 0) is 0 Å². The van der Waals surface area contributed by atoms with Crippen LogP contribution < -0.4 is 5.32 Å². The number of nitrogens with one attached hydrogen (secondary N) is 2. The van der Waals surface area contributed by atoms with Gasteiger partial charge in [0.1, 0.15) is 11.6 Å². The summed E-state index contributed by atoms with van der Waals surface area (Å²) in [6.07, 6.45) is 8.75. The number of carbonyl (C=O) groups excluding carboxylic acids is 1. The molecular formula is C19H23FN4O. The van der Waals surface area contributed by atoms with Crippen LogP contribution in [0, 0.1) is 11.7 Å². The lowest BCUT2D eigenvalue weighted by Crippen LogP contribution is -2.46. The van der Waals surface area contributed by atoms with Crippen molar-refractivity contribution in [2.45, 2.75) is 44.2 Å². The number of hydrogen-bond donors (Lipinski definition) is 2. The van der Waals surface area contributed by atoms with Crippen LogP contribution in [0.4, 0.5) is 9.18 Å². The van der Waals surface area contributed by atoms with Crippen LogP contribution in [0.5, 0.6) is 0 Å². The van der Waals surface area contributed by atoms with E-state index in [0.717, 1.165) is 50.0 Å². The molecule has 0 unspecified atom stereocenters. The molecule has 1 aliphatic carbocycles. The highest BCUT2D eigenvalue weighted by Gasteiger charge is 2.36. The molecule has 2 heterocycles. The molecule has 6 heteroatoms. The zero-order chi connectivity index (χ0) is 17.2. The summed E-state index contributed by atoms with van der Waals surface area (Å²) in [7, 11) is 0. The van der Waals surface area contributed by atoms with Gasteiger partial charge in [-0.3, -0.25) is 0 Å². The number of amides is 2. The SMILES string of the molecule is O=C(N[C@@H](c1ccc(F)cc1)C1CC1)N1CCCC[C@H]1c1ncc[nH]1. The molecular weight excluding hydrogens is 319 g/mol. The van der Waals surface area contributed by atoms with E-state index in [1.165, 1.54) is 12.1 Å². The van der Waals surface area contributed by atoms with Gasteiger partial charge in [-0.1, -0.05) is 12.1 Å². The summed E-state index contributed by atoms with van der Waals surface area (Å²) in [5, 5.41) is 3.20. The molecule has 2 aliphatic rings. The number of H-pyrrole nitrogens is 1. The average molecular weight is 342 g/mol. The molecule has 25 heavy (non-hydrogen) atoms. The van der Waals surface area contributed by atoms with Crippen LogP contribution in [-0.4, -0.2) is 27.4 Å². The maximum absolute atomic E-state index is 13.2. The number of rotatable bonds is 4. The Bertz CT molecular complexity index is 712. The fraction of sp³-hybridized carbons (Fsp3) is 0.474. The maximum Gasteiger partial charge on any atom is 0.318 e. The van der Waals surface area contributed by atoms with Crippen molar-refractivity contribution in [3.8, 4) is 0 Å². The first-order valence-electron chi connectivity index (χ1n) is 9.04. The fourth-order valence-electron chi connectivity index (χ4n) is 3.71. The normalized spacial score (nSPS) is 21.8. The first-order chi connectivity index (χ1) is 12.2. The Hall–Kier alpha value is -2.37. The molecule has 1 aromatic carbocycles. The standard InChI is InChI=1S/C19H23FN4O/c20-15-8-6-14(7-9-15)17(13-4-5-13)23-19(25)24-12-2-1-3-16(24)18-21-10-11-22-18/h6-11,13,16-17H,1-5,12H2,(H,21,22)(H,23,25)/t16-,17+/m0/s1. The summed E-state index contributed by atoms with van der Waals surface area (Å²) in [5.41, 5.74) is 0.976. The first-order valence-corrected chi connectivity index (χ1v) is 9.04. The lowest BCUT2D eigenvalue weighted by Gasteiger charge is -2.35. The molecule has 4 rings (SSSR count). The Balaban J connectivity index is 1.51. The summed E-state index contributed by atoms with van der Waals surface area (Å²) >= 11 is 0. The molecule has 0 bridgehead atoms. The van der Waals surface area contributed by atoms with Gasteiger partial charge >= 0.3 is 6.03 Å². The highest BCUT2D eigenvalue weighted by Crippen LogP contribution is 2.41. The molecule has 2 N–H and O–H groups in total. The minimum absolute atomic E-state index is 0.00294. The van der Waals surface area contributed by atoms with Crippen LogP contribution >= 0.6 is 0 Å². The Morgan fingerprint density at radius 2 is 2.04 bits per heavy atom. The second-order valence-corrected chi connectivity index (χ2v) is 7.00. The zero-order valence-electron chi connectivity index (χ0n) is 14.1. The molecule has 2 aromatic rings. The van der Waals surface area contributed by atoms with E-state index in [-0.39, 0.29) is 23.9 Å². The predicted octanol–water partition coefficient (Wildman–Crippen LogP) is 3.94. The van der Waals surface area contributed by atoms with Crippen molar-refractivity contribution in [2.24, 2.45) is 5.92 Å². The number of urea groups is 1. The highest BCUT2D eigenvalue weighted by atomic mass is 19.1. The van der Waals surface area contributed by atoms with Gasteiger partial charge in [0, 0.05) is 18.9 Å². The van der Waals surface area contributed by atoms with Gasteiger partial charge < -0.3 is 15.2 Å². The second-order valence-electron chi connectivity index (χ2n) is 7.00. The number of likely N-dealkylation sites (tertiary alicyclic amines) is 1. The lowest BCUT2D eigenvalue weighted by atomic mass is 10.0. The number of imidazole rings is 1. The van der Waals surface area contributed by atoms with Crippen molar-refractivity contribution >= 4 is 6.03 Å². The predicted molar refractivity (Wildman–Crippen MR) is 92.3 cm³/mol. The highest BCUT2D eigenvalue weighted by molar-refractivity contribution is 5.75. The molecule has 1 aliphatic heterocycles. The van der Waals surface area contributed by atoms with E-state index in [2.05, 4.69) is 15.3 Å². The van der Waals surface area contributed by atoms with Gasteiger partial charge in [-0.25, -0.2) is 14.2 Å². The van der Waals surface area contributed by atoms with Gasteiger partial charge in [0.2, 0.25) is 0 Å². The van der Waals surface area contributed by atoms with Crippen LogP contribution in [0.2, 0.25) is 0 Å². The van der Waals surface area contributed by atoms with Crippen molar-refractivity contribution < 1.29 is 9.18 Å². The van der Waals surface area contributed by atoms with E-state index < -0.39 is 0 Å². The third-order valence-electron chi connectivity index (χ3n) is 5.20. The van der Waals surface area contributed by atoms with Crippen molar-refractivity contribution in [2.75, 3.05) is 6.54 Å². The van der Waals surface area contributed by atoms with E-state index in [1.54, 1.807) is 24.5 Å². The number of nitrogens with zero attached hydrogens (tertiary/aromatic N) is 2. The molecule has 2 amide bonds. The molecule has 132 valence electrons. The van der Waals surface area contributed by atoms with Crippen LogP contribution in [0.3, 0.4) is 0 Å². The van der Waals surface area contributed by atoms with Gasteiger partial charge in [0.15, 0.2) is 0 Å². The molecule has 1 aromatic heterocycles. The number of halogens is 1. The monoisotopic (exact) mass is 342 g/mol. The van der Waals surface area contributed by atoms with E-state index >= 15 is 0 Å².